The molecular formula is C12H18N3O2+. The van der Waals surface area contributed by atoms with E-state index >= 15 is 0 Å². The molecule has 0 aliphatic carbocycles. The molecule has 2 saturated heterocycles. The minimum atomic E-state index is -0.384. The van der Waals surface area contributed by atoms with Crippen molar-refractivity contribution >= 4 is 0 Å². The molecule has 3 aliphatic rings. The number of rotatable bonds is 3. The summed E-state index contributed by atoms with van der Waals surface area (Å²) in [6, 6.07) is 0.107. The SMILES string of the molecule is C/C=C1/C(CCN)=C2C3C([N+](=O)[O-])CC(C)[N+]213. The first-order valence-electron chi connectivity index (χ1n) is 6.23. The van der Waals surface area contributed by atoms with Crippen molar-refractivity contribution in [1.82, 2.24) is 0 Å². The highest BCUT2D eigenvalue weighted by atomic mass is 16.6. The number of hydrogen-bond acceptors (Lipinski definition) is 3. The molecular weight excluding hydrogens is 218 g/mol. The van der Waals surface area contributed by atoms with Gasteiger partial charge in [0.25, 0.3) is 6.04 Å². The van der Waals surface area contributed by atoms with Gasteiger partial charge < -0.3 is 5.73 Å². The minimum Gasteiger partial charge on any atom is -0.330 e. The summed E-state index contributed by atoms with van der Waals surface area (Å²) in [6.07, 6.45) is 3.68. The van der Waals surface area contributed by atoms with Crippen molar-refractivity contribution in [3.05, 3.63) is 33.2 Å². The van der Waals surface area contributed by atoms with E-state index in [1.165, 1.54) is 17.0 Å². The highest BCUT2D eigenvalue weighted by Gasteiger charge is 2.85. The average Bonchev–Trinajstić information content (AvgIpc) is 2.74. The Hall–Kier alpha value is -1.20. The molecule has 1 spiro atoms. The maximum atomic E-state index is 11.1. The van der Waals surface area contributed by atoms with Crippen LogP contribution in [0.3, 0.4) is 0 Å². The van der Waals surface area contributed by atoms with Crippen LogP contribution in [-0.4, -0.2) is 34.1 Å². The third-order valence-electron chi connectivity index (χ3n) is 4.65. The highest BCUT2D eigenvalue weighted by molar-refractivity contribution is 5.51. The summed E-state index contributed by atoms with van der Waals surface area (Å²) in [5.74, 6) is 0. The summed E-state index contributed by atoms with van der Waals surface area (Å²) in [5, 5.41) is 11.1. The maximum Gasteiger partial charge on any atom is 0.279 e. The fraction of sp³-hybridized carbons (Fsp3) is 0.667. The summed E-state index contributed by atoms with van der Waals surface area (Å²) in [5.41, 5.74) is 9.52. The summed E-state index contributed by atoms with van der Waals surface area (Å²) >= 11 is 0. The van der Waals surface area contributed by atoms with Crippen LogP contribution in [0.15, 0.2) is 23.0 Å². The Balaban J connectivity index is 2.01. The Bertz CT molecular complexity index is 468. The lowest BCUT2D eigenvalue weighted by Gasteiger charge is -2.31. The van der Waals surface area contributed by atoms with Crippen molar-refractivity contribution in [2.45, 2.75) is 44.8 Å². The number of hydrogen-bond donors (Lipinski definition) is 1. The molecule has 0 aromatic heterocycles. The molecule has 5 nitrogen and oxygen atoms in total. The van der Waals surface area contributed by atoms with Gasteiger partial charge in [-0.3, -0.25) is 10.1 Å². The van der Waals surface area contributed by atoms with Crippen molar-refractivity contribution in [3.8, 4) is 0 Å². The van der Waals surface area contributed by atoms with Gasteiger partial charge in [-0.1, -0.05) is 0 Å². The average molecular weight is 236 g/mol. The zero-order valence-electron chi connectivity index (χ0n) is 10.2. The topological polar surface area (TPSA) is 69.2 Å². The Morgan fingerprint density at radius 3 is 2.88 bits per heavy atom. The van der Waals surface area contributed by atoms with Gasteiger partial charge in [0.15, 0.2) is 5.70 Å². The van der Waals surface area contributed by atoms with Crippen LogP contribution in [0, 0.1) is 10.1 Å². The quantitative estimate of drug-likeness (QED) is 0.346. The monoisotopic (exact) mass is 236 g/mol. The first-order chi connectivity index (χ1) is 8.10. The molecule has 0 saturated carbocycles. The van der Waals surface area contributed by atoms with Crippen LogP contribution >= 0.6 is 0 Å². The first-order valence-corrected chi connectivity index (χ1v) is 6.23. The largest absolute Gasteiger partial charge is 0.330 e. The van der Waals surface area contributed by atoms with Crippen LogP contribution in [-0.2, 0) is 0 Å². The molecule has 2 N–H and O–H groups in total. The van der Waals surface area contributed by atoms with E-state index in [0.29, 0.717) is 19.0 Å². The molecule has 0 bridgehead atoms. The Morgan fingerprint density at radius 1 is 1.65 bits per heavy atom. The molecule has 0 radical (unpaired) electrons. The van der Waals surface area contributed by atoms with Gasteiger partial charge in [-0.2, -0.15) is 0 Å². The van der Waals surface area contributed by atoms with E-state index in [-0.39, 0.29) is 17.0 Å². The van der Waals surface area contributed by atoms with E-state index in [1.807, 2.05) is 6.92 Å². The second-order valence-electron chi connectivity index (χ2n) is 5.24. The molecule has 92 valence electrons. The van der Waals surface area contributed by atoms with Crippen molar-refractivity contribution in [3.63, 3.8) is 0 Å². The van der Waals surface area contributed by atoms with Gasteiger partial charge in [-0.15, -0.1) is 0 Å². The van der Waals surface area contributed by atoms with E-state index in [0.717, 1.165) is 10.9 Å². The number of allylic oxidation sites excluding steroid dienone is 2. The van der Waals surface area contributed by atoms with Crippen molar-refractivity contribution in [2.75, 3.05) is 6.54 Å². The lowest BCUT2D eigenvalue weighted by Crippen LogP contribution is -2.38. The summed E-state index contributed by atoms with van der Waals surface area (Å²) in [4.78, 5) is 11.0. The molecule has 3 aliphatic heterocycles. The zero-order valence-corrected chi connectivity index (χ0v) is 10.2. The lowest BCUT2D eigenvalue weighted by molar-refractivity contribution is -0.783. The number of nitrogens with zero attached hydrogens (tertiary/aromatic N) is 2. The standard InChI is InChI=1S/C12H18N3O2/c1-3-10-8(4-5-13)11-12-9(14(16)17)6-7(2)15(10,11)12/h3,7,9,12H,4-6,13H2,1-2H3/q+1/b10-3-. The lowest BCUT2D eigenvalue weighted by atomic mass is 9.95. The maximum absolute atomic E-state index is 11.1. The van der Waals surface area contributed by atoms with E-state index in [2.05, 4.69) is 13.0 Å². The smallest absolute Gasteiger partial charge is 0.279 e. The fourth-order valence-corrected chi connectivity index (χ4v) is 4.14. The third kappa shape index (κ3) is 0.978. The van der Waals surface area contributed by atoms with Crippen molar-refractivity contribution < 1.29 is 9.41 Å². The molecule has 2 fully saturated rings. The minimum absolute atomic E-state index is 0.0904. The van der Waals surface area contributed by atoms with Gasteiger partial charge in [-0.25, -0.2) is 4.48 Å². The fourth-order valence-electron chi connectivity index (χ4n) is 4.14. The van der Waals surface area contributed by atoms with Crippen LogP contribution in [0.2, 0.25) is 0 Å². The Labute approximate surface area is 100 Å². The normalized spacial score (nSPS) is 44.4. The van der Waals surface area contributed by atoms with Gasteiger partial charge in [0.2, 0.25) is 6.04 Å². The van der Waals surface area contributed by atoms with Crippen LogP contribution in [0.1, 0.15) is 26.7 Å². The zero-order chi connectivity index (χ0) is 12.4. The van der Waals surface area contributed by atoms with E-state index < -0.39 is 0 Å². The molecule has 3 rings (SSSR count). The van der Waals surface area contributed by atoms with Gasteiger partial charge in [0.1, 0.15) is 11.7 Å². The summed E-state index contributed by atoms with van der Waals surface area (Å²) in [7, 11) is 0. The predicted molar refractivity (Wildman–Crippen MR) is 63.4 cm³/mol. The van der Waals surface area contributed by atoms with Gasteiger partial charge in [0, 0.05) is 4.92 Å². The van der Waals surface area contributed by atoms with E-state index in [9.17, 15) is 10.1 Å². The molecule has 0 amide bonds. The predicted octanol–water partition coefficient (Wildman–Crippen LogP) is 1.14. The molecule has 0 aromatic rings. The van der Waals surface area contributed by atoms with Gasteiger partial charge >= 0.3 is 0 Å². The molecule has 4 unspecified atom stereocenters. The summed E-state index contributed by atoms with van der Waals surface area (Å²) in [6.45, 7) is 4.78. The second kappa shape index (κ2) is 3.17. The van der Waals surface area contributed by atoms with Crippen LogP contribution in [0.5, 0.6) is 0 Å². The van der Waals surface area contributed by atoms with Gasteiger partial charge in [0.05, 0.1) is 12.0 Å². The molecule has 4 atom stereocenters. The molecule has 0 aromatic carbocycles. The summed E-state index contributed by atoms with van der Waals surface area (Å²) < 4.78 is 0.817. The first kappa shape index (κ1) is 10.9. The Morgan fingerprint density at radius 2 is 2.35 bits per heavy atom. The van der Waals surface area contributed by atoms with Crippen molar-refractivity contribution in [1.29, 1.82) is 0 Å². The van der Waals surface area contributed by atoms with Crippen molar-refractivity contribution in [2.24, 2.45) is 5.73 Å². The molecule has 3 heterocycles. The van der Waals surface area contributed by atoms with Gasteiger partial charge in [-0.05, 0) is 32.9 Å². The van der Waals surface area contributed by atoms with Crippen LogP contribution in [0.25, 0.3) is 0 Å². The Kier molecular flexibility index (Phi) is 2.04. The molecule has 5 heteroatoms. The number of fused-ring (bicyclic) bond motifs is 1. The number of nitrogens with two attached hydrogens (primary N) is 1. The second-order valence-corrected chi connectivity index (χ2v) is 5.24. The number of quaternary nitrogens is 1. The van der Waals surface area contributed by atoms with E-state index in [1.54, 1.807) is 0 Å². The van der Waals surface area contributed by atoms with Crippen LogP contribution < -0.4 is 5.73 Å². The number of piperidine rings is 1. The highest BCUT2D eigenvalue weighted by Crippen LogP contribution is 2.70. The number of nitro groups is 1. The third-order valence-corrected chi connectivity index (χ3v) is 4.65. The van der Waals surface area contributed by atoms with Crippen LogP contribution in [0.4, 0.5) is 0 Å². The van der Waals surface area contributed by atoms with E-state index in [4.69, 9.17) is 5.73 Å². The molecule has 17 heavy (non-hydrogen) atoms.